The maximum Gasteiger partial charge on any atom is 0.459 e. The lowest BCUT2D eigenvalue weighted by atomic mass is 9.80. The van der Waals surface area contributed by atoms with Crippen molar-refractivity contribution in [3.05, 3.63) is 0 Å². The van der Waals surface area contributed by atoms with Gasteiger partial charge < -0.3 is 0 Å². The normalized spacial score (nSPS) is 14.3. The molecule has 0 heterocycles. The Balaban J connectivity index is 5.23. The number of halogens is 10. The van der Waals surface area contributed by atoms with Gasteiger partial charge in [0.15, 0.2) is 0 Å². The molecular formula is C11H8F10N2. The van der Waals surface area contributed by atoms with E-state index in [1.54, 1.807) is 0 Å². The molecule has 0 aliphatic carbocycles. The van der Waals surface area contributed by atoms with Crippen LogP contribution in [-0.2, 0) is 0 Å². The quantitative estimate of drug-likeness (QED) is 0.629. The molecule has 0 unspecified atom stereocenters. The highest BCUT2D eigenvalue weighted by Crippen LogP contribution is 2.50. The Morgan fingerprint density at radius 3 is 1.30 bits per heavy atom. The maximum absolute atomic E-state index is 13.1. The zero-order chi connectivity index (χ0) is 18.7. The number of hydrogen-bond acceptors (Lipinski definition) is 2. The molecule has 23 heavy (non-hydrogen) atoms. The van der Waals surface area contributed by atoms with Gasteiger partial charge in [-0.05, 0) is 12.8 Å². The van der Waals surface area contributed by atoms with Gasteiger partial charge in [0.2, 0.25) is 0 Å². The molecule has 0 fully saturated rings. The van der Waals surface area contributed by atoms with Crippen LogP contribution in [0.25, 0.3) is 0 Å². The zero-order valence-electron chi connectivity index (χ0n) is 11.0. The van der Waals surface area contributed by atoms with E-state index >= 15 is 0 Å². The summed E-state index contributed by atoms with van der Waals surface area (Å²) in [6.45, 7) is 0. The fraction of sp³-hybridized carbons (Fsp3) is 0.818. The Morgan fingerprint density at radius 2 is 1.00 bits per heavy atom. The smallest absolute Gasteiger partial charge is 0.200 e. The van der Waals surface area contributed by atoms with E-state index in [9.17, 15) is 43.9 Å². The summed E-state index contributed by atoms with van der Waals surface area (Å²) < 4.78 is 123. The van der Waals surface area contributed by atoms with Crippen molar-refractivity contribution in [1.82, 2.24) is 0 Å². The predicted octanol–water partition coefficient (Wildman–Crippen LogP) is 4.98. The van der Waals surface area contributed by atoms with E-state index in [2.05, 4.69) is 0 Å². The van der Waals surface area contributed by atoms with Gasteiger partial charge in [-0.25, -0.2) is 0 Å². The maximum atomic E-state index is 13.1. The molecule has 0 aromatic rings. The first kappa shape index (κ1) is 21.3. The van der Waals surface area contributed by atoms with Crippen LogP contribution in [0.1, 0.15) is 25.7 Å². The molecule has 132 valence electrons. The fourth-order valence-electron chi connectivity index (χ4n) is 1.46. The standard InChI is InChI=1S/C11H8F10N2/c12-8(13,10(17,18)11(19,20)21)3-1-7(5-22,6-23)2-4-9(14,15)16/h1-4H2. The van der Waals surface area contributed by atoms with Crippen molar-refractivity contribution in [3.63, 3.8) is 0 Å². The molecule has 0 radical (unpaired) electrons. The first-order valence-corrected chi connectivity index (χ1v) is 5.75. The largest absolute Gasteiger partial charge is 0.459 e. The van der Waals surface area contributed by atoms with Gasteiger partial charge in [-0.15, -0.1) is 0 Å². The summed E-state index contributed by atoms with van der Waals surface area (Å²) in [5.74, 6) is -12.1. The minimum atomic E-state index is -6.59. The summed E-state index contributed by atoms with van der Waals surface area (Å²) in [5, 5.41) is 17.3. The Labute approximate surface area is 123 Å². The summed E-state index contributed by atoms with van der Waals surface area (Å²) in [5.41, 5.74) is -2.75. The summed E-state index contributed by atoms with van der Waals surface area (Å²) in [6, 6.07) is 1.96. The molecule has 0 amide bonds. The zero-order valence-corrected chi connectivity index (χ0v) is 11.0. The molecule has 12 heteroatoms. The lowest BCUT2D eigenvalue weighted by molar-refractivity contribution is -0.356. The van der Waals surface area contributed by atoms with Crippen molar-refractivity contribution in [2.24, 2.45) is 5.41 Å². The van der Waals surface area contributed by atoms with Gasteiger partial charge in [-0.2, -0.15) is 54.4 Å². The molecule has 0 spiro atoms. The number of rotatable bonds is 6. The highest BCUT2D eigenvalue weighted by molar-refractivity contribution is 5.14. The van der Waals surface area contributed by atoms with Crippen LogP contribution < -0.4 is 0 Å². The third-order valence-corrected chi connectivity index (χ3v) is 2.94. The topological polar surface area (TPSA) is 47.6 Å². The van der Waals surface area contributed by atoms with E-state index in [-0.39, 0.29) is 0 Å². The van der Waals surface area contributed by atoms with Crippen molar-refractivity contribution in [2.45, 2.75) is 49.9 Å². The van der Waals surface area contributed by atoms with Gasteiger partial charge >= 0.3 is 24.2 Å². The van der Waals surface area contributed by atoms with Crippen LogP contribution in [0.3, 0.4) is 0 Å². The van der Waals surface area contributed by atoms with Crippen LogP contribution in [-0.4, -0.2) is 24.2 Å². The molecular weight excluding hydrogens is 350 g/mol. The van der Waals surface area contributed by atoms with Gasteiger partial charge in [0.1, 0.15) is 5.41 Å². The van der Waals surface area contributed by atoms with Crippen LogP contribution in [0.2, 0.25) is 0 Å². The molecule has 0 atom stereocenters. The van der Waals surface area contributed by atoms with E-state index in [0.29, 0.717) is 0 Å². The average molecular weight is 358 g/mol. The monoisotopic (exact) mass is 358 g/mol. The van der Waals surface area contributed by atoms with Crippen molar-refractivity contribution < 1.29 is 43.9 Å². The van der Waals surface area contributed by atoms with Crippen LogP contribution >= 0.6 is 0 Å². The molecule has 0 bridgehead atoms. The van der Waals surface area contributed by atoms with Crippen LogP contribution in [0.5, 0.6) is 0 Å². The first-order chi connectivity index (χ1) is 10.0. The molecule has 0 aromatic carbocycles. The number of nitriles is 2. The predicted molar refractivity (Wildman–Crippen MR) is 54.1 cm³/mol. The lowest BCUT2D eigenvalue weighted by Gasteiger charge is -2.30. The Morgan fingerprint density at radius 1 is 0.609 bits per heavy atom. The number of alkyl halides is 10. The molecule has 2 nitrogen and oxygen atoms in total. The highest BCUT2D eigenvalue weighted by atomic mass is 19.4. The van der Waals surface area contributed by atoms with Crippen molar-refractivity contribution in [2.75, 3.05) is 0 Å². The van der Waals surface area contributed by atoms with Crippen LogP contribution in [0.4, 0.5) is 43.9 Å². The Kier molecular flexibility index (Phi) is 5.94. The molecule has 0 aromatic heterocycles. The number of hydrogen-bond donors (Lipinski definition) is 0. The van der Waals surface area contributed by atoms with E-state index in [0.717, 1.165) is 12.1 Å². The van der Waals surface area contributed by atoms with Gasteiger partial charge in [-0.1, -0.05) is 0 Å². The Bertz CT molecular complexity index is 477. The minimum absolute atomic E-state index is 0.980. The fourth-order valence-corrected chi connectivity index (χ4v) is 1.46. The summed E-state index contributed by atoms with van der Waals surface area (Å²) in [7, 11) is 0. The summed E-state index contributed by atoms with van der Waals surface area (Å²) >= 11 is 0. The van der Waals surface area contributed by atoms with Crippen LogP contribution in [0, 0.1) is 28.1 Å². The first-order valence-electron chi connectivity index (χ1n) is 5.75. The molecule has 0 rings (SSSR count). The van der Waals surface area contributed by atoms with E-state index in [1.807, 2.05) is 0 Å². The highest BCUT2D eigenvalue weighted by Gasteiger charge is 2.72. The van der Waals surface area contributed by atoms with Gasteiger partial charge in [0.25, 0.3) is 0 Å². The minimum Gasteiger partial charge on any atom is -0.200 e. The molecule has 0 aliphatic rings. The second-order valence-electron chi connectivity index (χ2n) is 4.70. The molecule has 0 saturated carbocycles. The summed E-state index contributed by atoms with van der Waals surface area (Å²) in [4.78, 5) is 0. The summed E-state index contributed by atoms with van der Waals surface area (Å²) in [6.07, 6.45) is -18.4. The van der Waals surface area contributed by atoms with E-state index in [4.69, 9.17) is 10.5 Å². The lowest BCUT2D eigenvalue weighted by Crippen LogP contribution is -2.52. The van der Waals surface area contributed by atoms with Gasteiger partial charge in [0, 0.05) is 12.8 Å². The second-order valence-corrected chi connectivity index (χ2v) is 4.70. The molecule has 0 saturated heterocycles. The Hall–Kier alpha value is -1.72. The van der Waals surface area contributed by atoms with Gasteiger partial charge in [0.05, 0.1) is 12.1 Å². The van der Waals surface area contributed by atoms with Crippen molar-refractivity contribution in [3.8, 4) is 12.1 Å². The average Bonchev–Trinajstić information content (AvgIpc) is 2.37. The third kappa shape index (κ3) is 5.15. The second kappa shape index (κ2) is 6.42. The number of nitrogens with zero attached hydrogens (tertiary/aromatic N) is 2. The van der Waals surface area contributed by atoms with E-state index in [1.165, 1.54) is 0 Å². The molecule has 0 aliphatic heterocycles. The van der Waals surface area contributed by atoms with Gasteiger partial charge in [-0.3, -0.25) is 0 Å². The van der Waals surface area contributed by atoms with E-state index < -0.39 is 55.3 Å². The van der Waals surface area contributed by atoms with Crippen LogP contribution in [0.15, 0.2) is 0 Å². The van der Waals surface area contributed by atoms with Crippen molar-refractivity contribution in [1.29, 1.82) is 10.5 Å². The SMILES string of the molecule is N#CC(C#N)(CCC(F)(F)F)CCC(F)(F)C(F)(F)C(F)(F)F. The third-order valence-electron chi connectivity index (χ3n) is 2.94. The molecule has 0 N–H and O–H groups in total. The van der Waals surface area contributed by atoms with Crippen molar-refractivity contribution >= 4 is 0 Å².